The van der Waals surface area contributed by atoms with Crippen LogP contribution >= 0.6 is 0 Å². The number of nitriles is 1. The van der Waals surface area contributed by atoms with Gasteiger partial charge >= 0.3 is 6.18 Å². The Kier molecular flexibility index (Phi) is 8.56. The summed E-state index contributed by atoms with van der Waals surface area (Å²) >= 11 is 0. The number of carbonyl (C=O) groups is 4. The largest absolute Gasteiger partial charge is 0.416 e. The molecule has 230 valence electrons. The van der Waals surface area contributed by atoms with Crippen LogP contribution in [0.1, 0.15) is 58.6 Å². The Morgan fingerprint density at radius 2 is 1.79 bits per heavy atom. The molecule has 0 radical (unpaired) electrons. The van der Waals surface area contributed by atoms with Crippen molar-refractivity contribution in [2.45, 2.75) is 71.8 Å². The van der Waals surface area contributed by atoms with Gasteiger partial charge in [-0.2, -0.15) is 18.4 Å². The maximum Gasteiger partial charge on any atom is 0.416 e. The molecule has 43 heavy (non-hydrogen) atoms. The summed E-state index contributed by atoms with van der Waals surface area (Å²) in [6.07, 6.45) is -3.75. The maximum atomic E-state index is 14.0. The zero-order valence-corrected chi connectivity index (χ0v) is 24.8. The van der Waals surface area contributed by atoms with E-state index in [1.807, 2.05) is 13.8 Å². The lowest BCUT2D eigenvalue weighted by Crippen LogP contribution is -2.59. The van der Waals surface area contributed by atoms with E-state index in [-0.39, 0.29) is 41.1 Å². The summed E-state index contributed by atoms with van der Waals surface area (Å²) in [6, 6.07) is 3.29. The van der Waals surface area contributed by atoms with E-state index in [4.69, 9.17) is 0 Å². The molecule has 4 amide bonds. The Hall–Kier alpha value is -4.06. The number of hydrogen-bond donors (Lipinski definition) is 3. The fraction of sp³-hybridized carbons (Fsp3) is 0.581. The lowest BCUT2D eigenvalue weighted by molar-refractivity contribution is -0.145. The Bertz CT molecular complexity index is 1400. The van der Waals surface area contributed by atoms with E-state index in [0.29, 0.717) is 19.5 Å². The number of fused-ring (bicyclic) bond motifs is 1. The lowest BCUT2D eigenvalue weighted by Gasteiger charge is -2.37. The van der Waals surface area contributed by atoms with Gasteiger partial charge in [0.15, 0.2) is 0 Å². The summed E-state index contributed by atoms with van der Waals surface area (Å²) in [7, 11) is 0. The fourth-order valence-corrected chi connectivity index (χ4v) is 6.22. The van der Waals surface area contributed by atoms with Crippen LogP contribution in [-0.4, -0.2) is 59.7 Å². The van der Waals surface area contributed by atoms with Crippen LogP contribution in [0.2, 0.25) is 0 Å². The Balaban J connectivity index is 1.49. The summed E-state index contributed by atoms with van der Waals surface area (Å²) < 4.78 is 38.5. The third-order valence-electron chi connectivity index (χ3n) is 8.84. The van der Waals surface area contributed by atoms with Crippen molar-refractivity contribution in [2.75, 3.05) is 13.1 Å². The van der Waals surface area contributed by atoms with Crippen LogP contribution in [0.4, 0.5) is 13.2 Å². The summed E-state index contributed by atoms with van der Waals surface area (Å²) in [5, 5.41) is 17.8. The minimum Gasteiger partial charge on any atom is -0.356 e. The highest BCUT2D eigenvalue weighted by atomic mass is 19.4. The highest BCUT2D eigenvalue weighted by Crippen LogP contribution is 2.65. The predicted octanol–water partition coefficient (Wildman–Crippen LogP) is 2.61. The highest BCUT2D eigenvalue weighted by Gasteiger charge is 2.69. The number of nitrogens with one attached hydrogen (secondary N) is 3. The molecule has 1 aromatic carbocycles. The van der Waals surface area contributed by atoms with Crippen molar-refractivity contribution in [3.05, 3.63) is 35.4 Å². The van der Waals surface area contributed by atoms with Crippen molar-refractivity contribution < 1.29 is 32.3 Å². The van der Waals surface area contributed by atoms with Crippen molar-refractivity contribution in [1.82, 2.24) is 20.9 Å². The van der Waals surface area contributed by atoms with Gasteiger partial charge in [-0.15, -0.1) is 0 Å². The van der Waals surface area contributed by atoms with Crippen molar-refractivity contribution in [3.63, 3.8) is 0 Å². The van der Waals surface area contributed by atoms with Crippen LogP contribution < -0.4 is 16.0 Å². The maximum absolute atomic E-state index is 14.0. The number of benzene rings is 1. The smallest absolute Gasteiger partial charge is 0.356 e. The first kappa shape index (κ1) is 31.9. The van der Waals surface area contributed by atoms with E-state index in [2.05, 4.69) is 33.9 Å². The van der Waals surface area contributed by atoms with Crippen molar-refractivity contribution in [3.8, 4) is 17.9 Å². The van der Waals surface area contributed by atoms with Crippen molar-refractivity contribution in [2.24, 2.45) is 28.6 Å². The Morgan fingerprint density at radius 1 is 1.14 bits per heavy atom. The Morgan fingerprint density at radius 3 is 2.33 bits per heavy atom. The van der Waals surface area contributed by atoms with Gasteiger partial charge in [0.25, 0.3) is 5.91 Å². The molecule has 1 aliphatic carbocycles. The number of halogens is 3. The van der Waals surface area contributed by atoms with Crippen LogP contribution in [0, 0.1) is 51.8 Å². The second kappa shape index (κ2) is 11.6. The van der Waals surface area contributed by atoms with Gasteiger partial charge in [0, 0.05) is 30.5 Å². The molecule has 0 aromatic heterocycles. The summed E-state index contributed by atoms with van der Waals surface area (Å²) in [6.45, 7) is 10.1. The number of hydrogen-bond acceptors (Lipinski definition) is 5. The molecule has 0 spiro atoms. The van der Waals surface area contributed by atoms with Gasteiger partial charge < -0.3 is 20.9 Å². The predicted molar refractivity (Wildman–Crippen MR) is 149 cm³/mol. The average Bonchev–Trinajstić information content (AvgIpc) is 3.26. The second-order valence-electron chi connectivity index (χ2n) is 13.2. The first-order valence-electron chi connectivity index (χ1n) is 14.2. The van der Waals surface area contributed by atoms with E-state index in [1.54, 1.807) is 20.8 Å². The molecule has 0 bridgehead atoms. The van der Waals surface area contributed by atoms with Gasteiger partial charge in [0.1, 0.15) is 18.1 Å². The first-order valence-corrected chi connectivity index (χ1v) is 14.2. The van der Waals surface area contributed by atoms with Gasteiger partial charge in [-0.1, -0.05) is 40.5 Å². The summed E-state index contributed by atoms with van der Waals surface area (Å²) in [5.74, 6) is 2.52. The molecule has 6 atom stereocenters. The van der Waals surface area contributed by atoms with E-state index >= 15 is 0 Å². The molecule has 12 heteroatoms. The highest BCUT2D eigenvalue weighted by molar-refractivity contribution is 5.99. The van der Waals surface area contributed by atoms with E-state index in [0.717, 1.165) is 24.3 Å². The van der Waals surface area contributed by atoms with Crippen LogP contribution in [-0.2, 0) is 25.4 Å². The molecule has 2 heterocycles. The molecule has 3 fully saturated rings. The van der Waals surface area contributed by atoms with E-state index < -0.39 is 53.0 Å². The number of piperidine rings is 1. The van der Waals surface area contributed by atoms with E-state index in [1.165, 1.54) is 4.90 Å². The third-order valence-corrected chi connectivity index (χ3v) is 8.84. The second-order valence-corrected chi connectivity index (χ2v) is 13.2. The molecule has 1 aromatic rings. The average molecular weight is 600 g/mol. The van der Waals surface area contributed by atoms with Crippen molar-refractivity contribution >= 4 is 23.6 Å². The summed E-state index contributed by atoms with van der Waals surface area (Å²) in [4.78, 5) is 53.9. The number of amides is 4. The molecule has 4 rings (SSSR count). The van der Waals surface area contributed by atoms with Gasteiger partial charge in [0.2, 0.25) is 17.7 Å². The SMILES string of the molecule is CC(C)(C)[C@H](NC(=O)C#Cc1ccc(C(F)(F)F)cc1)C(=O)N1C[C@H]2[C@@H]([C@H]1C(=O)N[C@H](C#N)C[C@@H]1CCNC1=O)C2(C)C. The number of likely N-dealkylation sites (tertiary alicyclic amines) is 1. The van der Waals surface area contributed by atoms with Crippen LogP contribution in [0.15, 0.2) is 24.3 Å². The molecule has 2 aliphatic heterocycles. The molecular weight excluding hydrogens is 563 g/mol. The minimum atomic E-state index is -4.49. The molecule has 9 nitrogen and oxygen atoms in total. The molecule has 2 saturated heterocycles. The van der Waals surface area contributed by atoms with Gasteiger partial charge in [0.05, 0.1) is 11.6 Å². The van der Waals surface area contributed by atoms with E-state index in [9.17, 15) is 37.6 Å². The quantitative estimate of drug-likeness (QED) is 0.433. The molecule has 0 unspecified atom stereocenters. The first-order chi connectivity index (χ1) is 19.9. The number of carbonyl (C=O) groups excluding carboxylic acids is 4. The van der Waals surface area contributed by atoms with Gasteiger partial charge in [-0.05, 0) is 59.8 Å². The van der Waals surface area contributed by atoms with Gasteiger partial charge in [-0.25, -0.2) is 0 Å². The number of rotatable bonds is 6. The summed E-state index contributed by atoms with van der Waals surface area (Å²) in [5.41, 5.74) is -1.62. The standard InChI is InChI=1S/C31H36F3N5O4/c1-29(2,3)25(38-22(40)11-8-17-6-9-19(10-7-17)31(32,33)34)28(43)39-16-21-23(30(21,4)5)24(39)27(42)37-20(15-35)14-18-12-13-36-26(18)41/h6-7,9-10,18,20-21,23-25H,12-14,16H2,1-5H3,(H,36,41)(H,37,42)(H,38,40)/t18-,20-,21-,23-,24-,25+/m0/s1. The monoisotopic (exact) mass is 599 g/mol. The Labute approximate surface area is 248 Å². The number of alkyl halides is 3. The minimum absolute atomic E-state index is 0.0594. The van der Waals surface area contributed by atoms with Crippen LogP contribution in [0.5, 0.6) is 0 Å². The molecule has 3 N–H and O–H groups in total. The fourth-order valence-electron chi connectivity index (χ4n) is 6.22. The molecular formula is C31H36F3N5O4. The molecule has 3 aliphatic rings. The van der Waals surface area contributed by atoms with Crippen LogP contribution in [0.25, 0.3) is 0 Å². The number of nitrogens with zero attached hydrogens (tertiary/aromatic N) is 2. The van der Waals surface area contributed by atoms with Gasteiger partial charge in [-0.3, -0.25) is 19.2 Å². The normalized spacial score (nSPS) is 25.3. The van der Waals surface area contributed by atoms with Crippen molar-refractivity contribution in [1.29, 1.82) is 5.26 Å². The topological polar surface area (TPSA) is 131 Å². The zero-order valence-electron chi connectivity index (χ0n) is 24.8. The third kappa shape index (κ3) is 6.79. The zero-order chi connectivity index (χ0) is 31.9. The van der Waals surface area contributed by atoms with Crippen LogP contribution in [0.3, 0.4) is 0 Å². The lowest BCUT2D eigenvalue weighted by atomic mass is 9.85. The molecule has 1 saturated carbocycles.